The third-order valence-electron chi connectivity index (χ3n) is 5.29. The number of furan rings is 1. The number of aliphatic imine (C=N–C) groups is 1. The maximum absolute atomic E-state index is 12.7. The Balaban J connectivity index is 1.65. The molecule has 1 fully saturated rings. The second-order valence-corrected chi connectivity index (χ2v) is 7.37. The van der Waals surface area contributed by atoms with Gasteiger partial charge in [0.15, 0.2) is 5.96 Å². The molecular weight excluding hydrogens is 406 g/mol. The molecule has 0 bridgehead atoms. The first-order valence-corrected chi connectivity index (χ1v) is 10.4. The molecule has 0 amide bonds. The molecule has 0 aliphatic carbocycles. The summed E-state index contributed by atoms with van der Waals surface area (Å²) in [6, 6.07) is 8.79. The molecule has 1 saturated heterocycles. The van der Waals surface area contributed by atoms with E-state index in [0.717, 1.165) is 24.6 Å². The standard InChI is InChI=1S/C22H30F2N4O3/c1-15-6-8-20(30-15)18(28-10-4-5-11-28)14-27-22(25-2)26-13-16-12-17(29-3)7-9-19(16)31-21(23)24/h6-9,12,18,21H,4-5,10-11,13-14H2,1-3H3,(H2,25,26,27). The van der Waals surface area contributed by atoms with Crippen LogP contribution in [0, 0.1) is 6.92 Å². The lowest BCUT2D eigenvalue weighted by Gasteiger charge is -2.27. The summed E-state index contributed by atoms with van der Waals surface area (Å²) in [6.45, 7) is 1.93. The van der Waals surface area contributed by atoms with Crippen LogP contribution in [0.25, 0.3) is 0 Å². The average molecular weight is 437 g/mol. The Bertz CT molecular complexity index is 866. The monoisotopic (exact) mass is 436 g/mol. The molecule has 1 aliphatic rings. The van der Waals surface area contributed by atoms with Crippen molar-refractivity contribution in [3.8, 4) is 11.5 Å². The lowest BCUT2D eigenvalue weighted by atomic mass is 10.2. The highest BCUT2D eigenvalue weighted by Gasteiger charge is 2.26. The highest BCUT2D eigenvalue weighted by Crippen LogP contribution is 2.27. The van der Waals surface area contributed by atoms with Gasteiger partial charge in [-0.2, -0.15) is 8.78 Å². The number of aryl methyl sites for hydroxylation is 1. The fraction of sp³-hybridized carbons (Fsp3) is 0.500. The van der Waals surface area contributed by atoms with Crippen molar-refractivity contribution in [3.63, 3.8) is 0 Å². The Labute approximate surface area is 181 Å². The highest BCUT2D eigenvalue weighted by atomic mass is 19.3. The lowest BCUT2D eigenvalue weighted by molar-refractivity contribution is -0.0505. The van der Waals surface area contributed by atoms with Gasteiger partial charge in [-0.15, -0.1) is 0 Å². The first-order valence-electron chi connectivity index (χ1n) is 10.4. The fourth-order valence-corrected chi connectivity index (χ4v) is 3.72. The largest absolute Gasteiger partial charge is 0.497 e. The smallest absolute Gasteiger partial charge is 0.387 e. The number of ether oxygens (including phenoxy) is 2. The number of rotatable bonds is 9. The molecule has 1 unspecified atom stereocenters. The van der Waals surface area contributed by atoms with Crippen molar-refractivity contribution in [1.29, 1.82) is 0 Å². The molecule has 0 radical (unpaired) electrons. The van der Waals surface area contributed by atoms with Crippen LogP contribution >= 0.6 is 0 Å². The summed E-state index contributed by atoms with van der Waals surface area (Å²) >= 11 is 0. The van der Waals surface area contributed by atoms with Crippen LogP contribution in [-0.4, -0.2) is 51.3 Å². The molecule has 170 valence electrons. The Kier molecular flexibility index (Phi) is 8.11. The van der Waals surface area contributed by atoms with Crippen LogP contribution < -0.4 is 20.1 Å². The quantitative estimate of drug-likeness (QED) is 0.461. The lowest BCUT2D eigenvalue weighted by Crippen LogP contribution is -2.42. The first-order chi connectivity index (χ1) is 15.0. The van der Waals surface area contributed by atoms with E-state index in [9.17, 15) is 8.78 Å². The van der Waals surface area contributed by atoms with Gasteiger partial charge >= 0.3 is 6.61 Å². The third-order valence-corrected chi connectivity index (χ3v) is 5.29. The van der Waals surface area contributed by atoms with E-state index in [1.807, 2.05) is 19.1 Å². The van der Waals surface area contributed by atoms with E-state index in [1.54, 1.807) is 19.2 Å². The minimum Gasteiger partial charge on any atom is -0.497 e. The molecule has 0 saturated carbocycles. The third kappa shape index (κ3) is 6.33. The summed E-state index contributed by atoms with van der Waals surface area (Å²) in [7, 11) is 3.19. The molecule has 1 atom stereocenters. The van der Waals surface area contributed by atoms with E-state index in [4.69, 9.17) is 9.15 Å². The number of alkyl halides is 2. The molecule has 2 aromatic rings. The minimum absolute atomic E-state index is 0.0873. The van der Waals surface area contributed by atoms with Gasteiger partial charge in [-0.3, -0.25) is 9.89 Å². The number of likely N-dealkylation sites (tertiary alicyclic amines) is 1. The van der Waals surface area contributed by atoms with Crippen molar-refractivity contribution in [1.82, 2.24) is 15.5 Å². The number of methoxy groups -OCH3 is 1. The molecule has 2 heterocycles. The second kappa shape index (κ2) is 11.0. The Morgan fingerprint density at radius 2 is 1.97 bits per heavy atom. The van der Waals surface area contributed by atoms with E-state index < -0.39 is 6.61 Å². The predicted octanol–water partition coefficient (Wildman–Crippen LogP) is 3.70. The van der Waals surface area contributed by atoms with Crippen molar-refractivity contribution >= 4 is 5.96 Å². The van der Waals surface area contributed by atoms with E-state index in [1.165, 1.54) is 26.0 Å². The molecule has 2 N–H and O–H groups in total. The van der Waals surface area contributed by atoms with Gasteiger partial charge in [0, 0.05) is 25.7 Å². The number of benzene rings is 1. The van der Waals surface area contributed by atoms with E-state index in [0.29, 0.717) is 23.8 Å². The van der Waals surface area contributed by atoms with Gasteiger partial charge in [-0.1, -0.05) is 0 Å². The summed E-state index contributed by atoms with van der Waals surface area (Å²) in [5.41, 5.74) is 0.542. The van der Waals surface area contributed by atoms with Crippen LogP contribution in [0.5, 0.6) is 11.5 Å². The highest BCUT2D eigenvalue weighted by molar-refractivity contribution is 5.79. The van der Waals surface area contributed by atoms with E-state index in [-0.39, 0.29) is 18.3 Å². The zero-order valence-electron chi connectivity index (χ0n) is 18.2. The summed E-state index contributed by atoms with van der Waals surface area (Å²) in [5.74, 6) is 3.01. The maximum atomic E-state index is 12.7. The molecular formula is C22H30F2N4O3. The average Bonchev–Trinajstić information content (AvgIpc) is 3.43. The zero-order valence-corrected chi connectivity index (χ0v) is 18.2. The van der Waals surface area contributed by atoms with Crippen molar-refractivity contribution in [2.24, 2.45) is 4.99 Å². The van der Waals surface area contributed by atoms with Gasteiger partial charge in [-0.05, 0) is 63.2 Å². The van der Waals surface area contributed by atoms with Crippen molar-refractivity contribution < 1.29 is 22.7 Å². The normalized spacial score (nSPS) is 15.9. The molecule has 1 aromatic carbocycles. The van der Waals surface area contributed by atoms with Gasteiger partial charge in [0.2, 0.25) is 0 Å². The van der Waals surface area contributed by atoms with Crippen LogP contribution in [0.2, 0.25) is 0 Å². The van der Waals surface area contributed by atoms with Crippen molar-refractivity contribution in [2.75, 3.05) is 33.8 Å². The number of hydrogen-bond acceptors (Lipinski definition) is 5. The van der Waals surface area contributed by atoms with Gasteiger partial charge in [0.25, 0.3) is 0 Å². The van der Waals surface area contributed by atoms with Crippen molar-refractivity contribution in [2.45, 2.75) is 39.0 Å². The van der Waals surface area contributed by atoms with Gasteiger partial charge in [0.05, 0.1) is 13.2 Å². The van der Waals surface area contributed by atoms with Gasteiger partial charge < -0.3 is 24.5 Å². The van der Waals surface area contributed by atoms with Crippen LogP contribution in [0.4, 0.5) is 8.78 Å². The fourth-order valence-electron chi connectivity index (χ4n) is 3.72. The maximum Gasteiger partial charge on any atom is 0.387 e. The molecule has 1 aromatic heterocycles. The predicted molar refractivity (Wildman–Crippen MR) is 115 cm³/mol. The summed E-state index contributed by atoms with van der Waals surface area (Å²) in [5, 5.41) is 6.49. The molecule has 9 heteroatoms. The van der Waals surface area contributed by atoms with E-state index >= 15 is 0 Å². The second-order valence-electron chi connectivity index (χ2n) is 7.37. The van der Waals surface area contributed by atoms with Gasteiger partial charge in [0.1, 0.15) is 23.0 Å². The van der Waals surface area contributed by atoms with Crippen LogP contribution in [-0.2, 0) is 6.54 Å². The number of halogens is 2. The van der Waals surface area contributed by atoms with Crippen LogP contribution in [0.15, 0.2) is 39.7 Å². The molecule has 3 rings (SSSR count). The topological polar surface area (TPSA) is 71.3 Å². The number of guanidine groups is 1. The minimum atomic E-state index is -2.90. The first kappa shape index (κ1) is 22.9. The molecule has 0 spiro atoms. The summed E-state index contributed by atoms with van der Waals surface area (Å²) in [4.78, 5) is 6.66. The summed E-state index contributed by atoms with van der Waals surface area (Å²) < 4.78 is 41.2. The zero-order chi connectivity index (χ0) is 22.2. The van der Waals surface area contributed by atoms with Crippen LogP contribution in [0.1, 0.15) is 36.0 Å². The molecule has 1 aliphatic heterocycles. The van der Waals surface area contributed by atoms with Gasteiger partial charge in [-0.25, -0.2) is 0 Å². The Morgan fingerprint density at radius 1 is 1.19 bits per heavy atom. The van der Waals surface area contributed by atoms with E-state index in [2.05, 4.69) is 25.3 Å². The number of nitrogens with zero attached hydrogens (tertiary/aromatic N) is 2. The number of nitrogens with one attached hydrogen (secondary N) is 2. The summed E-state index contributed by atoms with van der Waals surface area (Å²) in [6.07, 6.45) is 2.35. The molecule has 31 heavy (non-hydrogen) atoms. The molecule has 7 nitrogen and oxygen atoms in total. The Hall–Kier alpha value is -2.81. The number of hydrogen-bond donors (Lipinski definition) is 2. The Morgan fingerprint density at radius 3 is 2.58 bits per heavy atom. The SMILES string of the molecule is CN=C(NCc1cc(OC)ccc1OC(F)F)NCC(c1ccc(C)o1)N1CCCC1. The van der Waals surface area contributed by atoms with Crippen LogP contribution in [0.3, 0.4) is 0 Å². The van der Waals surface area contributed by atoms with Crippen molar-refractivity contribution in [3.05, 3.63) is 47.4 Å².